The van der Waals surface area contributed by atoms with Crippen molar-refractivity contribution < 1.29 is 5.11 Å². The minimum absolute atomic E-state index is 0.0348. The summed E-state index contributed by atoms with van der Waals surface area (Å²) in [6, 6.07) is 38.3. The van der Waals surface area contributed by atoms with Gasteiger partial charge < -0.3 is 0 Å². The summed E-state index contributed by atoms with van der Waals surface area (Å²) in [5.41, 5.74) is 8.18. The molecule has 0 amide bonds. The number of fused-ring (bicyclic) bond motifs is 1. The molecule has 137 valence electrons. The van der Waals surface area contributed by atoms with E-state index in [1.54, 1.807) is 0 Å². The second-order valence-electron chi connectivity index (χ2n) is 7.22. The first-order valence-electron chi connectivity index (χ1n) is 9.76. The molecule has 29 heavy (non-hydrogen) atoms. The van der Waals surface area contributed by atoms with Gasteiger partial charge in [-0.1, -0.05) is 121 Å². The molecule has 0 aliphatic heterocycles. The minimum Gasteiger partial charge on any atom is -0.284 e. The average molecular weight is 371 g/mol. The lowest BCUT2D eigenvalue weighted by Gasteiger charge is -2.36. The third-order valence-electron chi connectivity index (χ3n) is 5.66. The molecule has 0 spiro atoms. The van der Waals surface area contributed by atoms with Gasteiger partial charge in [0.05, 0.1) is 0 Å². The third kappa shape index (κ3) is 2.64. The zero-order chi connectivity index (χ0) is 19.7. The molecule has 0 saturated heterocycles. The van der Waals surface area contributed by atoms with E-state index >= 15 is 0 Å². The number of rotatable bonds is 3. The van der Waals surface area contributed by atoms with Crippen LogP contribution < -0.4 is 0 Å². The Hall–Kier alpha value is -3.80. The van der Waals surface area contributed by atoms with Gasteiger partial charge in [0, 0.05) is 5.57 Å². The van der Waals surface area contributed by atoms with Crippen molar-refractivity contribution in [2.24, 2.45) is 0 Å². The van der Waals surface area contributed by atoms with Gasteiger partial charge in [0.1, 0.15) is 5.41 Å². The highest BCUT2D eigenvalue weighted by molar-refractivity contribution is 5.85. The zero-order valence-corrected chi connectivity index (χ0v) is 15.9. The summed E-state index contributed by atoms with van der Waals surface area (Å²) in [7, 11) is 0. The molecule has 0 fully saturated rings. The molecule has 0 unspecified atom stereocenters. The molecule has 0 heterocycles. The molecule has 1 nitrogen and oxygen atoms in total. The molecule has 1 radical (unpaired) electrons. The highest BCUT2D eigenvalue weighted by Crippen LogP contribution is 2.49. The van der Waals surface area contributed by atoms with E-state index < -0.39 is 5.41 Å². The van der Waals surface area contributed by atoms with Crippen molar-refractivity contribution in [3.63, 3.8) is 0 Å². The molecule has 4 aromatic carbocycles. The molecular weight excluding hydrogens is 352 g/mol. The Balaban J connectivity index is 1.93. The Labute approximate surface area is 170 Å². The standard InChI is InChI=1S/C28H19O/c29-27-20-25(21-12-4-1-5-13-21)24-18-10-11-19-26(24)28(27,22-14-6-2-7-15-22)23-16-8-3-9-17-23/h1-19H. The fourth-order valence-corrected chi connectivity index (χ4v) is 4.37. The molecule has 1 aliphatic carbocycles. The Morgan fingerprint density at radius 2 is 1.03 bits per heavy atom. The van der Waals surface area contributed by atoms with E-state index in [-0.39, 0.29) is 5.76 Å². The smallest absolute Gasteiger partial charge is 0.217 e. The van der Waals surface area contributed by atoms with Crippen molar-refractivity contribution in [1.82, 2.24) is 0 Å². The van der Waals surface area contributed by atoms with E-state index in [1.165, 1.54) is 0 Å². The van der Waals surface area contributed by atoms with Crippen molar-refractivity contribution in [3.05, 3.63) is 155 Å². The predicted octanol–water partition coefficient (Wildman–Crippen LogP) is 6.38. The maximum atomic E-state index is 13.9. The Morgan fingerprint density at radius 3 is 1.62 bits per heavy atom. The Bertz CT molecular complexity index is 1180. The Kier molecular flexibility index (Phi) is 4.17. The first-order chi connectivity index (χ1) is 14.3. The summed E-state index contributed by atoms with van der Waals surface area (Å²) in [5, 5.41) is 13.9. The molecule has 1 aliphatic rings. The van der Waals surface area contributed by atoms with Crippen LogP contribution in [0.1, 0.15) is 27.8 Å². The lowest BCUT2D eigenvalue weighted by atomic mass is 9.64. The van der Waals surface area contributed by atoms with Crippen LogP contribution in [-0.4, -0.2) is 0 Å². The lowest BCUT2D eigenvalue weighted by Crippen LogP contribution is -2.33. The van der Waals surface area contributed by atoms with Crippen LogP contribution in [0.5, 0.6) is 0 Å². The molecular formula is C28H19O. The van der Waals surface area contributed by atoms with Crippen LogP contribution in [0.15, 0.2) is 127 Å². The van der Waals surface area contributed by atoms with Crippen molar-refractivity contribution in [2.45, 2.75) is 5.41 Å². The average Bonchev–Trinajstić information content (AvgIpc) is 2.80. The number of benzene rings is 4. The maximum Gasteiger partial charge on any atom is 0.217 e. The number of hydrogen-bond donors (Lipinski definition) is 0. The summed E-state index contributed by atoms with van der Waals surface area (Å²) >= 11 is 0. The van der Waals surface area contributed by atoms with Gasteiger partial charge >= 0.3 is 0 Å². The van der Waals surface area contributed by atoms with Crippen molar-refractivity contribution in [1.29, 1.82) is 0 Å². The SMILES string of the molecule is [O]C1=C=C(c2ccccc2)c2ccccc2C1(c1ccccc1)c1ccccc1. The van der Waals surface area contributed by atoms with E-state index in [4.69, 9.17) is 0 Å². The molecule has 0 atom stereocenters. The predicted molar refractivity (Wildman–Crippen MR) is 116 cm³/mol. The molecule has 0 N–H and O–H groups in total. The molecule has 1 heteroatoms. The topological polar surface area (TPSA) is 19.9 Å². The van der Waals surface area contributed by atoms with Crippen LogP contribution in [0.4, 0.5) is 0 Å². The van der Waals surface area contributed by atoms with Gasteiger partial charge in [-0.25, -0.2) is 0 Å². The van der Waals surface area contributed by atoms with Crippen molar-refractivity contribution >= 4 is 5.57 Å². The van der Waals surface area contributed by atoms with E-state index in [1.807, 2.05) is 103 Å². The van der Waals surface area contributed by atoms with Gasteiger partial charge in [0.15, 0.2) is 0 Å². The monoisotopic (exact) mass is 371 g/mol. The van der Waals surface area contributed by atoms with Crippen LogP contribution in [-0.2, 0) is 10.5 Å². The first-order valence-corrected chi connectivity index (χ1v) is 9.76. The van der Waals surface area contributed by atoms with E-state index in [0.29, 0.717) is 0 Å². The maximum absolute atomic E-state index is 13.9. The quantitative estimate of drug-likeness (QED) is 0.372. The molecule has 5 rings (SSSR count). The molecule has 4 aromatic rings. The Morgan fingerprint density at radius 1 is 0.552 bits per heavy atom. The van der Waals surface area contributed by atoms with Crippen LogP contribution in [0.3, 0.4) is 0 Å². The van der Waals surface area contributed by atoms with E-state index in [0.717, 1.165) is 33.4 Å². The minimum atomic E-state index is -0.905. The van der Waals surface area contributed by atoms with Crippen LogP contribution in [0.2, 0.25) is 0 Å². The summed E-state index contributed by atoms with van der Waals surface area (Å²) in [4.78, 5) is 0. The van der Waals surface area contributed by atoms with E-state index in [9.17, 15) is 5.11 Å². The molecule has 0 aromatic heterocycles. The summed E-state index contributed by atoms with van der Waals surface area (Å²) in [6.07, 6.45) is 0. The highest BCUT2D eigenvalue weighted by atomic mass is 16.3. The first kappa shape index (κ1) is 17.3. The second-order valence-corrected chi connectivity index (χ2v) is 7.22. The fraction of sp³-hybridized carbons (Fsp3) is 0.0357. The van der Waals surface area contributed by atoms with Crippen molar-refractivity contribution in [2.75, 3.05) is 0 Å². The van der Waals surface area contributed by atoms with Crippen molar-refractivity contribution in [3.8, 4) is 0 Å². The number of hydrogen-bond acceptors (Lipinski definition) is 0. The molecule has 0 bridgehead atoms. The third-order valence-corrected chi connectivity index (χ3v) is 5.66. The van der Waals surface area contributed by atoms with E-state index in [2.05, 4.69) is 17.9 Å². The van der Waals surface area contributed by atoms with Gasteiger partial charge in [0.2, 0.25) is 5.76 Å². The van der Waals surface area contributed by atoms with Crippen LogP contribution >= 0.6 is 0 Å². The molecule has 0 saturated carbocycles. The van der Waals surface area contributed by atoms with Gasteiger partial charge in [-0.2, -0.15) is 0 Å². The van der Waals surface area contributed by atoms with Crippen LogP contribution in [0, 0.1) is 0 Å². The van der Waals surface area contributed by atoms with Crippen LogP contribution in [0.25, 0.3) is 5.57 Å². The normalized spacial score (nSPS) is 14.5. The van der Waals surface area contributed by atoms with Gasteiger partial charge in [-0.15, -0.1) is 0 Å². The lowest BCUT2D eigenvalue weighted by molar-refractivity contribution is 0.251. The van der Waals surface area contributed by atoms with Gasteiger partial charge in [0.25, 0.3) is 0 Å². The largest absolute Gasteiger partial charge is 0.284 e. The summed E-state index contributed by atoms with van der Waals surface area (Å²) in [6.45, 7) is 0. The summed E-state index contributed by atoms with van der Waals surface area (Å²) < 4.78 is 0. The number of allylic oxidation sites excluding steroid dienone is 1. The zero-order valence-electron chi connectivity index (χ0n) is 15.9. The summed E-state index contributed by atoms with van der Waals surface area (Å²) in [5.74, 6) is -0.0348. The fourth-order valence-electron chi connectivity index (χ4n) is 4.37. The van der Waals surface area contributed by atoms with Gasteiger partial charge in [-0.05, 0) is 27.8 Å². The van der Waals surface area contributed by atoms with Gasteiger partial charge in [-0.3, -0.25) is 5.11 Å². The highest BCUT2D eigenvalue weighted by Gasteiger charge is 2.45. The second kappa shape index (κ2) is 6.98.